The van der Waals surface area contributed by atoms with Crippen LogP contribution in [-0.4, -0.2) is 48.4 Å². The van der Waals surface area contributed by atoms with E-state index in [0.717, 1.165) is 6.07 Å². The minimum Gasteiger partial charge on any atom is -0.367 e. The van der Waals surface area contributed by atoms with Gasteiger partial charge < -0.3 is 14.2 Å². The Morgan fingerprint density at radius 2 is 1.73 bits per heavy atom. The Labute approximate surface area is 169 Å². The van der Waals surface area contributed by atoms with Gasteiger partial charge in [0.2, 0.25) is 0 Å². The lowest BCUT2D eigenvalue weighted by Crippen LogP contribution is -2.42. The van der Waals surface area contributed by atoms with Crippen molar-refractivity contribution in [1.82, 2.24) is 4.98 Å². The maximum absolute atomic E-state index is 13.1. The third-order valence-electron chi connectivity index (χ3n) is 5.83. The zero-order valence-electron chi connectivity index (χ0n) is 15.9. The third-order valence-corrected chi connectivity index (χ3v) is 5.83. The van der Waals surface area contributed by atoms with Crippen molar-refractivity contribution in [2.45, 2.75) is 38.1 Å². The predicted molar refractivity (Wildman–Crippen MR) is 93.3 cm³/mol. The first-order valence-electron chi connectivity index (χ1n) is 9.71. The maximum atomic E-state index is 13.1. The number of pyridine rings is 1. The standard InChI is InChI=1S/C20H20F3NO6/c21-20(22,23)15-4-3-13(14(24-15)8-30-12-6-28-9-29-7-12)19(27)16-17(25)10-1-2-11(5-10)18(16)26/h3-4,10-12,16H,1-2,5-9H2. The third kappa shape index (κ3) is 4.03. The average Bonchev–Trinajstić information content (AvgIpc) is 3.18. The van der Waals surface area contributed by atoms with Gasteiger partial charge in [-0.25, -0.2) is 4.98 Å². The number of halogens is 3. The molecule has 162 valence electrons. The molecule has 1 aromatic heterocycles. The van der Waals surface area contributed by atoms with E-state index in [9.17, 15) is 27.6 Å². The van der Waals surface area contributed by atoms with E-state index < -0.39 is 47.8 Å². The van der Waals surface area contributed by atoms with Gasteiger partial charge in [0.05, 0.1) is 25.5 Å². The molecule has 3 aliphatic rings. The van der Waals surface area contributed by atoms with Gasteiger partial charge in [0.15, 0.2) is 17.3 Å². The predicted octanol–water partition coefficient (Wildman–Crippen LogP) is 2.36. The van der Waals surface area contributed by atoms with Crippen molar-refractivity contribution in [3.8, 4) is 0 Å². The second-order valence-electron chi connectivity index (χ2n) is 7.79. The summed E-state index contributed by atoms with van der Waals surface area (Å²) in [5.41, 5.74) is -1.65. The molecule has 3 fully saturated rings. The summed E-state index contributed by atoms with van der Waals surface area (Å²) >= 11 is 0. The molecule has 0 radical (unpaired) electrons. The Balaban J connectivity index is 1.63. The van der Waals surface area contributed by atoms with E-state index in [2.05, 4.69) is 4.98 Å². The molecule has 1 aliphatic heterocycles. The molecular formula is C20H20F3NO6. The van der Waals surface area contributed by atoms with Crippen molar-refractivity contribution in [3.63, 3.8) is 0 Å². The highest BCUT2D eigenvalue weighted by Gasteiger charge is 2.50. The molecule has 1 saturated heterocycles. The number of hydrogen-bond donors (Lipinski definition) is 0. The van der Waals surface area contributed by atoms with Gasteiger partial charge in [-0.15, -0.1) is 0 Å². The van der Waals surface area contributed by atoms with Crippen LogP contribution in [0.4, 0.5) is 13.2 Å². The fraction of sp³-hybridized carbons (Fsp3) is 0.600. The van der Waals surface area contributed by atoms with Crippen molar-refractivity contribution in [3.05, 3.63) is 29.1 Å². The first kappa shape index (κ1) is 21.1. The number of rotatable bonds is 5. The lowest BCUT2D eigenvalue weighted by atomic mass is 9.75. The number of fused-ring (bicyclic) bond motifs is 2. The molecule has 2 atom stereocenters. The molecule has 2 saturated carbocycles. The highest BCUT2D eigenvalue weighted by atomic mass is 19.4. The molecular weight excluding hydrogens is 407 g/mol. The highest BCUT2D eigenvalue weighted by molar-refractivity contribution is 6.26. The number of ether oxygens (including phenoxy) is 3. The van der Waals surface area contributed by atoms with Gasteiger partial charge in [0, 0.05) is 17.4 Å². The molecule has 0 amide bonds. The summed E-state index contributed by atoms with van der Waals surface area (Å²) in [6.45, 7) is 0.0559. The topological polar surface area (TPSA) is 91.8 Å². The minimum atomic E-state index is -4.72. The van der Waals surface area contributed by atoms with E-state index >= 15 is 0 Å². The Kier molecular flexibility index (Phi) is 5.73. The number of nitrogens with zero attached hydrogens (tertiary/aromatic N) is 1. The first-order valence-corrected chi connectivity index (χ1v) is 9.71. The smallest absolute Gasteiger partial charge is 0.367 e. The molecule has 2 bridgehead atoms. The average molecular weight is 427 g/mol. The lowest BCUT2D eigenvalue weighted by molar-refractivity contribution is -0.171. The molecule has 2 heterocycles. The zero-order valence-corrected chi connectivity index (χ0v) is 15.9. The van der Waals surface area contributed by atoms with Crippen LogP contribution >= 0.6 is 0 Å². The van der Waals surface area contributed by atoms with Crippen LogP contribution in [-0.2, 0) is 36.6 Å². The van der Waals surface area contributed by atoms with Gasteiger partial charge in [-0.1, -0.05) is 0 Å². The van der Waals surface area contributed by atoms with Crippen LogP contribution in [0.1, 0.15) is 41.0 Å². The number of carbonyl (C=O) groups excluding carboxylic acids is 3. The van der Waals surface area contributed by atoms with E-state index in [4.69, 9.17) is 14.2 Å². The molecule has 7 nitrogen and oxygen atoms in total. The fourth-order valence-corrected chi connectivity index (χ4v) is 4.28. The van der Waals surface area contributed by atoms with Crippen LogP contribution in [0.2, 0.25) is 0 Å². The van der Waals surface area contributed by atoms with Crippen LogP contribution in [0, 0.1) is 17.8 Å². The molecule has 2 aliphatic carbocycles. The fourth-order valence-electron chi connectivity index (χ4n) is 4.28. The Bertz CT molecular complexity index is 843. The summed E-state index contributed by atoms with van der Waals surface area (Å²) in [5.74, 6) is -3.87. The monoisotopic (exact) mass is 427 g/mol. The van der Waals surface area contributed by atoms with Crippen molar-refractivity contribution >= 4 is 17.3 Å². The molecule has 1 aromatic rings. The summed E-state index contributed by atoms with van der Waals surface area (Å²) in [6.07, 6.45) is -3.69. The zero-order chi connectivity index (χ0) is 21.5. The second-order valence-corrected chi connectivity index (χ2v) is 7.79. The van der Waals surface area contributed by atoms with Crippen LogP contribution in [0.25, 0.3) is 0 Å². The summed E-state index contributed by atoms with van der Waals surface area (Å²) < 4.78 is 55.1. The van der Waals surface area contributed by atoms with Crippen molar-refractivity contribution < 1.29 is 41.8 Å². The van der Waals surface area contributed by atoms with E-state index in [0.29, 0.717) is 25.3 Å². The van der Waals surface area contributed by atoms with Crippen LogP contribution < -0.4 is 0 Å². The Hall–Kier alpha value is -2.17. The lowest BCUT2D eigenvalue weighted by Gasteiger charge is -2.25. The van der Waals surface area contributed by atoms with E-state index in [-0.39, 0.29) is 43.1 Å². The van der Waals surface area contributed by atoms with Gasteiger partial charge in [0.1, 0.15) is 24.5 Å². The molecule has 2 unspecified atom stereocenters. The maximum Gasteiger partial charge on any atom is 0.433 e. The Morgan fingerprint density at radius 1 is 1.10 bits per heavy atom. The molecule has 0 spiro atoms. The van der Waals surface area contributed by atoms with Crippen molar-refractivity contribution in [2.24, 2.45) is 17.8 Å². The van der Waals surface area contributed by atoms with Gasteiger partial charge in [-0.05, 0) is 31.4 Å². The summed E-state index contributed by atoms with van der Waals surface area (Å²) in [7, 11) is 0. The highest BCUT2D eigenvalue weighted by Crippen LogP contribution is 2.41. The van der Waals surface area contributed by atoms with Crippen LogP contribution in [0.3, 0.4) is 0 Å². The van der Waals surface area contributed by atoms with E-state index in [1.807, 2.05) is 0 Å². The van der Waals surface area contributed by atoms with Gasteiger partial charge in [0.25, 0.3) is 0 Å². The largest absolute Gasteiger partial charge is 0.433 e. The number of ketones is 3. The molecule has 4 rings (SSSR count). The Morgan fingerprint density at radius 3 is 2.33 bits per heavy atom. The van der Waals surface area contributed by atoms with Gasteiger partial charge in [-0.2, -0.15) is 13.2 Å². The van der Waals surface area contributed by atoms with Crippen LogP contribution in [0.5, 0.6) is 0 Å². The number of alkyl halides is 3. The van der Waals surface area contributed by atoms with E-state index in [1.54, 1.807) is 0 Å². The number of hydrogen-bond acceptors (Lipinski definition) is 7. The second kappa shape index (κ2) is 8.16. The van der Waals surface area contributed by atoms with Gasteiger partial charge in [-0.3, -0.25) is 14.4 Å². The number of carbonyl (C=O) groups is 3. The first-order chi connectivity index (χ1) is 14.3. The quantitative estimate of drug-likeness (QED) is 0.526. The van der Waals surface area contributed by atoms with Crippen LogP contribution in [0.15, 0.2) is 12.1 Å². The molecule has 30 heavy (non-hydrogen) atoms. The normalized spacial score (nSPS) is 27.5. The molecule has 0 aromatic carbocycles. The van der Waals surface area contributed by atoms with Gasteiger partial charge >= 0.3 is 6.18 Å². The summed E-state index contributed by atoms with van der Waals surface area (Å²) in [4.78, 5) is 42.0. The summed E-state index contributed by atoms with van der Waals surface area (Å²) in [6, 6.07) is 1.65. The minimum absolute atomic E-state index is 0.0969. The number of aromatic nitrogens is 1. The SMILES string of the molecule is O=C(c1ccc(C(F)(F)F)nc1COC1COCOC1)C1C(=O)C2CCC(C2)C1=O. The molecule has 10 heteroatoms. The molecule has 0 N–H and O–H groups in total. The summed E-state index contributed by atoms with van der Waals surface area (Å²) in [5, 5.41) is 0. The van der Waals surface area contributed by atoms with Crippen molar-refractivity contribution in [2.75, 3.05) is 20.0 Å². The van der Waals surface area contributed by atoms with Crippen molar-refractivity contribution in [1.29, 1.82) is 0 Å². The number of Topliss-reactive ketones (excluding diaryl/α,β-unsaturated/α-hetero) is 3. The van der Waals surface area contributed by atoms with E-state index in [1.165, 1.54) is 0 Å².